The molecule has 0 atom stereocenters. The predicted octanol–water partition coefficient (Wildman–Crippen LogP) is 2.42. The number of aromatic nitrogens is 2. The Labute approximate surface area is 143 Å². The molecule has 0 spiro atoms. The number of nitrogens with zero attached hydrogens (tertiary/aromatic N) is 3. The lowest BCUT2D eigenvalue weighted by Gasteiger charge is -2.06. The number of phenols is 1. The van der Waals surface area contributed by atoms with E-state index in [1.165, 1.54) is 30.3 Å². The summed E-state index contributed by atoms with van der Waals surface area (Å²) in [6.07, 6.45) is 2.93. The van der Waals surface area contributed by atoms with Crippen molar-refractivity contribution in [3.05, 3.63) is 38.5 Å². The molecule has 1 heterocycles. The molecule has 2 aromatic rings. The van der Waals surface area contributed by atoms with Gasteiger partial charge in [-0.25, -0.2) is 5.43 Å². The van der Waals surface area contributed by atoms with Crippen LogP contribution in [0.2, 0.25) is 0 Å². The summed E-state index contributed by atoms with van der Waals surface area (Å²) in [7, 11) is 3.11. The highest BCUT2D eigenvalue weighted by Crippen LogP contribution is 2.34. The molecule has 2 N–H and O–H groups in total. The van der Waals surface area contributed by atoms with E-state index in [1.807, 2.05) is 0 Å². The van der Waals surface area contributed by atoms with Gasteiger partial charge in [-0.3, -0.25) is 9.48 Å². The van der Waals surface area contributed by atoms with Crippen molar-refractivity contribution in [3.63, 3.8) is 0 Å². The molecule has 22 heavy (non-hydrogen) atoms. The quantitative estimate of drug-likeness (QED) is 0.574. The number of aryl methyl sites for hydroxylation is 1. The fourth-order valence-electron chi connectivity index (χ4n) is 1.76. The summed E-state index contributed by atoms with van der Waals surface area (Å²) in [4.78, 5) is 12.0. The van der Waals surface area contributed by atoms with Crippen LogP contribution in [0.4, 0.5) is 0 Å². The van der Waals surface area contributed by atoms with E-state index in [1.54, 1.807) is 13.1 Å². The van der Waals surface area contributed by atoms with Gasteiger partial charge in [-0.2, -0.15) is 10.2 Å². The lowest BCUT2D eigenvalue weighted by molar-refractivity contribution is 0.0945. The molecule has 0 aliphatic carbocycles. The highest BCUT2D eigenvalue weighted by Gasteiger charge is 2.14. The van der Waals surface area contributed by atoms with Gasteiger partial charge < -0.3 is 9.84 Å². The van der Waals surface area contributed by atoms with E-state index < -0.39 is 5.91 Å². The molecule has 9 heteroatoms. The SMILES string of the molecule is COc1c(O)cc(/C=N\NC(=O)c2c(Br)cnn2C)cc1Br. The fourth-order valence-corrected chi connectivity index (χ4v) is 2.92. The number of nitrogens with one attached hydrogen (secondary N) is 1. The summed E-state index contributed by atoms with van der Waals surface area (Å²) in [6, 6.07) is 3.17. The van der Waals surface area contributed by atoms with Crippen LogP contribution in [0, 0.1) is 0 Å². The minimum Gasteiger partial charge on any atom is -0.504 e. The average Bonchev–Trinajstić information content (AvgIpc) is 2.78. The average molecular weight is 432 g/mol. The van der Waals surface area contributed by atoms with E-state index >= 15 is 0 Å². The molecule has 7 nitrogen and oxygen atoms in total. The number of methoxy groups -OCH3 is 1. The maximum Gasteiger partial charge on any atom is 0.290 e. The second kappa shape index (κ2) is 6.93. The number of aromatic hydroxyl groups is 1. The van der Waals surface area contributed by atoms with Crippen molar-refractivity contribution < 1.29 is 14.6 Å². The third kappa shape index (κ3) is 3.47. The smallest absolute Gasteiger partial charge is 0.290 e. The van der Waals surface area contributed by atoms with Gasteiger partial charge in [-0.1, -0.05) is 0 Å². The van der Waals surface area contributed by atoms with Crippen LogP contribution in [0.1, 0.15) is 16.1 Å². The van der Waals surface area contributed by atoms with E-state index in [2.05, 4.69) is 47.5 Å². The maximum absolute atomic E-state index is 12.0. The van der Waals surface area contributed by atoms with Gasteiger partial charge in [-0.05, 0) is 49.6 Å². The van der Waals surface area contributed by atoms with Gasteiger partial charge in [0.2, 0.25) is 0 Å². The number of ether oxygens (including phenoxy) is 1. The highest BCUT2D eigenvalue weighted by atomic mass is 79.9. The van der Waals surface area contributed by atoms with E-state index in [-0.39, 0.29) is 5.75 Å². The number of carbonyl (C=O) groups excluding carboxylic acids is 1. The second-order valence-electron chi connectivity index (χ2n) is 4.22. The van der Waals surface area contributed by atoms with Crippen LogP contribution in [0.5, 0.6) is 11.5 Å². The van der Waals surface area contributed by atoms with Crippen molar-refractivity contribution in [2.75, 3.05) is 7.11 Å². The largest absolute Gasteiger partial charge is 0.504 e. The highest BCUT2D eigenvalue weighted by molar-refractivity contribution is 9.10. The molecule has 0 aliphatic rings. The Bertz CT molecular complexity index is 700. The first-order chi connectivity index (χ1) is 10.4. The van der Waals surface area contributed by atoms with Gasteiger partial charge in [0.15, 0.2) is 11.5 Å². The van der Waals surface area contributed by atoms with Crippen molar-refractivity contribution in [2.24, 2.45) is 12.1 Å². The molecule has 0 fully saturated rings. The van der Waals surface area contributed by atoms with Crippen molar-refractivity contribution in [2.45, 2.75) is 0 Å². The van der Waals surface area contributed by atoms with Crippen molar-refractivity contribution in [1.29, 1.82) is 0 Å². The Balaban J connectivity index is 2.12. The monoisotopic (exact) mass is 430 g/mol. The molecule has 1 aromatic heterocycles. The number of hydrogen-bond acceptors (Lipinski definition) is 5. The number of amides is 1. The van der Waals surface area contributed by atoms with Crippen molar-refractivity contribution in [3.8, 4) is 11.5 Å². The molecule has 0 bridgehead atoms. The first kappa shape index (κ1) is 16.5. The maximum atomic E-state index is 12.0. The standard InChI is InChI=1S/C13H12Br2N4O3/c1-19-11(9(15)6-17-19)13(21)18-16-5-7-3-8(14)12(22-2)10(20)4-7/h3-6,20H,1-2H3,(H,18,21)/b16-5-. The summed E-state index contributed by atoms with van der Waals surface area (Å²) < 4.78 is 7.62. The van der Waals surface area contributed by atoms with Gasteiger partial charge in [0, 0.05) is 7.05 Å². The van der Waals surface area contributed by atoms with Gasteiger partial charge >= 0.3 is 0 Å². The van der Waals surface area contributed by atoms with Crippen LogP contribution >= 0.6 is 31.9 Å². The molecule has 0 radical (unpaired) electrons. The van der Waals surface area contributed by atoms with E-state index in [0.29, 0.717) is 26.0 Å². The Morgan fingerprint density at radius 2 is 2.18 bits per heavy atom. The first-order valence-corrected chi connectivity index (χ1v) is 7.60. The number of phenolic OH excluding ortho intramolecular Hbond substituents is 1. The van der Waals surface area contributed by atoms with Crippen molar-refractivity contribution in [1.82, 2.24) is 15.2 Å². The number of benzene rings is 1. The normalized spacial score (nSPS) is 10.9. The molecule has 0 aliphatic heterocycles. The molecule has 1 aromatic carbocycles. The summed E-state index contributed by atoms with van der Waals surface area (Å²) in [5, 5.41) is 17.6. The van der Waals surface area contributed by atoms with Gasteiger partial charge in [0.1, 0.15) is 5.69 Å². The van der Waals surface area contributed by atoms with Crippen molar-refractivity contribution >= 4 is 44.0 Å². The topological polar surface area (TPSA) is 88.7 Å². The fraction of sp³-hybridized carbons (Fsp3) is 0.154. The van der Waals surface area contributed by atoms with E-state index in [9.17, 15) is 9.90 Å². The van der Waals surface area contributed by atoms with Crippen LogP contribution in [-0.4, -0.2) is 34.1 Å². The van der Waals surface area contributed by atoms with E-state index in [0.717, 1.165) is 0 Å². The Morgan fingerprint density at radius 1 is 1.45 bits per heavy atom. The zero-order valence-electron chi connectivity index (χ0n) is 11.7. The minimum absolute atomic E-state index is 0.0287. The van der Waals surface area contributed by atoms with Crippen LogP contribution in [0.15, 0.2) is 32.4 Å². The molecular formula is C13H12Br2N4O3. The van der Waals surface area contributed by atoms with Crippen LogP contribution < -0.4 is 10.2 Å². The lowest BCUT2D eigenvalue weighted by atomic mass is 10.2. The number of hydrogen-bond donors (Lipinski definition) is 2. The molecule has 1 amide bonds. The summed E-state index contributed by atoms with van der Waals surface area (Å²) in [6.45, 7) is 0. The van der Waals surface area contributed by atoms with Gasteiger partial charge in [0.25, 0.3) is 5.91 Å². The zero-order valence-corrected chi connectivity index (χ0v) is 14.8. The number of halogens is 2. The molecule has 0 saturated heterocycles. The lowest BCUT2D eigenvalue weighted by Crippen LogP contribution is -2.21. The summed E-state index contributed by atoms with van der Waals surface area (Å²) in [5.74, 6) is -0.0982. The van der Waals surface area contributed by atoms with E-state index in [4.69, 9.17) is 4.74 Å². The molecule has 2 rings (SSSR count). The number of hydrazone groups is 1. The molecule has 0 unspecified atom stereocenters. The molecule has 116 valence electrons. The molecule has 0 saturated carbocycles. The van der Waals surface area contributed by atoms with Crippen LogP contribution in [0.3, 0.4) is 0 Å². The minimum atomic E-state index is -0.403. The third-order valence-corrected chi connectivity index (χ3v) is 3.91. The number of carbonyl (C=O) groups is 1. The second-order valence-corrected chi connectivity index (χ2v) is 5.93. The van der Waals surface area contributed by atoms with Crippen LogP contribution in [-0.2, 0) is 7.05 Å². The summed E-state index contributed by atoms with van der Waals surface area (Å²) in [5.41, 5.74) is 3.34. The van der Waals surface area contributed by atoms with Crippen LogP contribution in [0.25, 0.3) is 0 Å². The van der Waals surface area contributed by atoms with Gasteiger partial charge in [-0.15, -0.1) is 0 Å². The third-order valence-electron chi connectivity index (χ3n) is 2.74. The molecular weight excluding hydrogens is 420 g/mol. The predicted molar refractivity (Wildman–Crippen MR) is 88.3 cm³/mol. The van der Waals surface area contributed by atoms with Gasteiger partial charge in [0.05, 0.1) is 28.5 Å². The summed E-state index contributed by atoms with van der Waals surface area (Å²) >= 11 is 6.52. The zero-order chi connectivity index (χ0) is 16.3. The Hall–Kier alpha value is -1.87. The first-order valence-electron chi connectivity index (χ1n) is 6.01. The Kier molecular flexibility index (Phi) is 5.19. The Morgan fingerprint density at radius 3 is 2.73 bits per heavy atom. The number of rotatable bonds is 4.